The number of aliphatic hydroxyl groups excluding tert-OH is 1. The van der Waals surface area contributed by atoms with Crippen molar-refractivity contribution in [1.82, 2.24) is 0 Å². The largest absolute Gasteiger partial charge is 0.389 e. The van der Waals surface area contributed by atoms with Crippen molar-refractivity contribution in [3.63, 3.8) is 0 Å². The standard InChI is InChI=1S/C16H30O3/c1-2-15(17)11-7-5-3-4-6-9-13-18-16-12-8-10-14-19-16/h2,15-17H,1,3-14H2. The molecule has 1 N–H and O–H groups in total. The number of ether oxygens (including phenoxy) is 2. The van der Waals surface area contributed by atoms with Crippen molar-refractivity contribution in [3.8, 4) is 0 Å². The fraction of sp³-hybridized carbons (Fsp3) is 0.875. The molecule has 1 aliphatic heterocycles. The second kappa shape index (κ2) is 11.4. The Labute approximate surface area is 118 Å². The smallest absolute Gasteiger partial charge is 0.157 e. The molecule has 112 valence electrons. The molecule has 0 aromatic carbocycles. The van der Waals surface area contributed by atoms with Gasteiger partial charge in [0, 0.05) is 13.2 Å². The Kier molecular flexibility index (Phi) is 10.0. The van der Waals surface area contributed by atoms with Crippen molar-refractivity contribution >= 4 is 0 Å². The number of hydrogen-bond donors (Lipinski definition) is 1. The normalized spacial score (nSPS) is 21.2. The van der Waals surface area contributed by atoms with Crippen LogP contribution in [0.15, 0.2) is 12.7 Å². The zero-order chi connectivity index (χ0) is 13.8. The van der Waals surface area contributed by atoms with Gasteiger partial charge in [-0.1, -0.05) is 38.2 Å². The average Bonchev–Trinajstić information content (AvgIpc) is 2.46. The third-order valence-corrected chi connectivity index (χ3v) is 3.61. The highest BCUT2D eigenvalue weighted by molar-refractivity contribution is 4.77. The van der Waals surface area contributed by atoms with E-state index in [1.54, 1.807) is 6.08 Å². The SMILES string of the molecule is C=CC(O)CCCCCCCCOC1CCCCO1. The molecule has 1 fully saturated rings. The summed E-state index contributed by atoms with van der Waals surface area (Å²) < 4.78 is 11.2. The fourth-order valence-corrected chi connectivity index (χ4v) is 2.34. The summed E-state index contributed by atoms with van der Waals surface area (Å²) in [7, 11) is 0. The number of unbranched alkanes of at least 4 members (excludes halogenated alkanes) is 5. The van der Waals surface area contributed by atoms with Gasteiger partial charge in [0.15, 0.2) is 6.29 Å². The first-order chi connectivity index (χ1) is 9.33. The van der Waals surface area contributed by atoms with Crippen LogP contribution in [0, 0.1) is 0 Å². The highest BCUT2D eigenvalue weighted by atomic mass is 16.7. The zero-order valence-electron chi connectivity index (χ0n) is 12.2. The van der Waals surface area contributed by atoms with Crippen molar-refractivity contribution in [2.75, 3.05) is 13.2 Å². The summed E-state index contributed by atoms with van der Waals surface area (Å²) in [6.07, 6.45) is 12.9. The molecular weight excluding hydrogens is 240 g/mol. The summed E-state index contributed by atoms with van der Waals surface area (Å²) in [5.74, 6) is 0. The van der Waals surface area contributed by atoms with Crippen LogP contribution in [0.4, 0.5) is 0 Å². The van der Waals surface area contributed by atoms with Crippen molar-refractivity contribution in [2.24, 2.45) is 0 Å². The van der Waals surface area contributed by atoms with Gasteiger partial charge in [-0.15, -0.1) is 6.58 Å². The second-order valence-electron chi connectivity index (χ2n) is 5.38. The lowest BCUT2D eigenvalue weighted by Gasteiger charge is -2.22. The Morgan fingerprint density at radius 2 is 1.89 bits per heavy atom. The van der Waals surface area contributed by atoms with Gasteiger partial charge in [0.1, 0.15) is 0 Å². The minimum atomic E-state index is -0.316. The number of rotatable bonds is 11. The van der Waals surface area contributed by atoms with Gasteiger partial charge >= 0.3 is 0 Å². The van der Waals surface area contributed by atoms with E-state index in [0.29, 0.717) is 0 Å². The molecule has 0 radical (unpaired) electrons. The first-order valence-corrected chi connectivity index (χ1v) is 7.87. The lowest BCUT2D eigenvalue weighted by Crippen LogP contribution is -2.22. The van der Waals surface area contributed by atoms with Crippen molar-refractivity contribution < 1.29 is 14.6 Å². The topological polar surface area (TPSA) is 38.7 Å². The highest BCUT2D eigenvalue weighted by Gasteiger charge is 2.13. The molecule has 3 heteroatoms. The predicted octanol–water partition coefficient (Wildman–Crippen LogP) is 3.81. The van der Waals surface area contributed by atoms with E-state index in [4.69, 9.17) is 9.47 Å². The Hall–Kier alpha value is -0.380. The average molecular weight is 270 g/mol. The molecule has 0 saturated carbocycles. The highest BCUT2D eigenvalue weighted by Crippen LogP contribution is 2.14. The summed E-state index contributed by atoms with van der Waals surface area (Å²) in [4.78, 5) is 0. The molecule has 0 aliphatic carbocycles. The second-order valence-corrected chi connectivity index (χ2v) is 5.38. The molecule has 1 heterocycles. The van der Waals surface area contributed by atoms with Gasteiger partial charge in [-0.2, -0.15) is 0 Å². The van der Waals surface area contributed by atoms with Crippen LogP contribution in [0.1, 0.15) is 64.2 Å². The molecule has 2 atom stereocenters. The lowest BCUT2D eigenvalue weighted by atomic mass is 10.1. The third-order valence-electron chi connectivity index (χ3n) is 3.61. The molecule has 0 spiro atoms. The van der Waals surface area contributed by atoms with Crippen LogP contribution in [0.3, 0.4) is 0 Å². The summed E-state index contributed by atoms with van der Waals surface area (Å²) in [6, 6.07) is 0. The van der Waals surface area contributed by atoms with E-state index >= 15 is 0 Å². The monoisotopic (exact) mass is 270 g/mol. The van der Waals surface area contributed by atoms with E-state index in [9.17, 15) is 5.11 Å². The Morgan fingerprint density at radius 1 is 1.16 bits per heavy atom. The molecule has 1 saturated heterocycles. The van der Waals surface area contributed by atoms with Gasteiger partial charge in [-0.25, -0.2) is 0 Å². The minimum absolute atomic E-state index is 0.0640. The summed E-state index contributed by atoms with van der Waals surface area (Å²) in [6.45, 7) is 5.27. The maximum absolute atomic E-state index is 9.31. The quantitative estimate of drug-likeness (QED) is 0.458. The predicted molar refractivity (Wildman–Crippen MR) is 78.1 cm³/mol. The summed E-state index contributed by atoms with van der Waals surface area (Å²) >= 11 is 0. The summed E-state index contributed by atoms with van der Waals surface area (Å²) in [5, 5.41) is 9.31. The Balaban J connectivity index is 1.77. The van der Waals surface area contributed by atoms with E-state index in [1.165, 1.54) is 38.5 Å². The van der Waals surface area contributed by atoms with Crippen LogP contribution in [0.25, 0.3) is 0 Å². The van der Waals surface area contributed by atoms with E-state index in [0.717, 1.165) is 38.9 Å². The van der Waals surface area contributed by atoms with Crippen molar-refractivity contribution in [1.29, 1.82) is 0 Å². The molecule has 0 bridgehead atoms. The molecule has 19 heavy (non-hydrogen) atoms. The van der Waals surface area contributed by atoms with Crippen LogP contribution < -0.4 is 0 Å². The zero-order valence-corrected chi connectivity index (χ0v) is 12.2. The van der Waals surface area contributed by atoms with E-state index in [1.807, 2.05) is 0 Å². The van der Waals surface area contributed by atoms with Gasteiger partial charge in [0.2, 0.25) is 0 Å². The van der Waals surface area contributed by atoms with Crippen LogP contribution in [0.2, 0.25) is 0 Å². The third kappa shape index (κ3) is 9.20. The van der Waals surface area contributed by atoms with Gasteiger partial charge in [0.05, 0.1) is 6.10 Å². The molecule has 0 aromatic rings. The van der Waals surface area contributed by atoms with Crippen LogP contribution in [0.5, 0.6) is 0 Å². The molecule has 1 rings (SSSR count). The summed E-state index contributed by atoms with van der Waals surface area (Å²) in [5.41, 5.74) is 0. The van der Waals surface area contributed by atoms with E-state index < -0.39 is 0 Å². The first-order valence-electron chi connectivity index (χ1n) is 7.87. The first kappa shape index (κ1) is 16.7. The number of hydrogen-bond acceptors (Lipinski definition) is 3. The van der Waals surface area contributed by atoms with Crippen molar-refractivity contribution in [3.05, 3.63) is 12.7 Å². The Morgan fingerprint density at radius 3 is 2.58 bits per heavy atom. The lowest BCUT2D eigenvalue weighted by molar-refractivity contribution is -0.162. The van der Waals surface area contributed by atoms with Gasteiger partial charge in [-0.05, 0) is 32.1 Å². The number of aliphatic hydroxyl groups is 1. The maximum atomic E-state index is 9.31. The maximum Gasteiger partial charge on any atom is 0.157 e. The van der Waals surface area contributed by atoms with Crippen molar-refractivity contribution in [2.45, 2.75) is 76.6 Å². The van der Waals surface area contributed by atoms with Gasteiger partial charge in [-0.3, -0.25) is 0 Å². The molecule has 3 nitrogen and oxygen atoms in total. The molecular formula is C16H30O3. The van der Waals surface area contributed by atoms with Gasteiger partial charge < -0.3 is 14.6 Å². The molecule has 2 unspecified atom stereocenters. The molecule has 0 aromatic heterocycles. The molecule has 1 aliphatic rings. The van der Waals surface area contributed by atoms with Gasteiger partial charge in [0.25, 0.3) is 0 Å². The van der Waals surface area contributed by atoms with Crippen LogP contribution >= 0.6 is 0 Å². The molecule has 0 amide bonds. The Bertz CT molecular complexity index is 212. The van der Waals surface area contributed by atoms with Crippen LogP contribution in [-0.4, -0.2) is 30.7 Å². The van der Waals surface area contributed by atoms with E-state index in [2.05, 4.69) is 6.58 Å². The van der Waals surface area contributed by atoms with Crippen LogP contribution in [-0.2, 0) is 9.47 Å². The fourth-order valence-electron chi connectivity index (χ4n) is 2.34. The van der Waals surface area contributed by atoms with E-state index in [-0.39, 0.29) is 12.4 Å². The minimum Gasteiger partial charge on any atom is -0.389 e.